The van der Waals surface area contributed by atoms with Gasteiger partial charge < -0.3 is 25.8 Å². The van der Waals surface area contributed by atoms with Crippen LogP contribution in [0.5, 0.6) is 5.88 Å². The van der Waals surface area contributed by atoms with E-state index in [4.69, 9.17) is 4.74 Å². The predicted octanol–water partition coefficient (Wildman–Crippen LogP) is 5.55. The highest BCUT2D eigenvalue weighted by molar-refractivity contribution is 5.42. The number of hydrogen-bond donors (Lipinski definition) is 4. The highest BCUT2D eigenvalue weighted by atomic mass is 19.1. The fourth-order valence-electron chi connectivity index (χ4n) is 8.46. The van der Waals surface area contributed by atoms with Crippen LogP contribution in [0.15, 0.2) is 24.5 Å². The van der Waals surface area contributed by atoms with Crippen LogP contribution in [-0.4, -0.2) is 50.9 Å². The van der Waals surface area contributed by atoms with E-state index < -0.39 is 11.4 Å². The van der Waals surface area contributed by atoms with Crippen molar-refractivity contribution in [1.82, 2.24) is 20.3 Å². The normalized spacial score (nSPS) is 34.1. The second-order valence-electron chi connectivity index (χ2n) is 14.1. The van der Waals surface area contributed by atoms with E-state index in [9.17, 15) is 9.50 Å². The topological polar surface area (TPSA) is 104 Å². The Bertz CT molecular complexity index is 1180. The number of pyridine rings is 1. The number of nitrogens with zero attached hydrogens (tertiary/aromatic N) is 3. The Hall–Kier alpha value is -2.52. The Morgan fingerprint density at radius 3 is 2.59 bits per heavy atom. The van der Waals surface area contributed by atoms with Crippen LogP contribution in [0.25, 0.3) is 0 Å². The molecule has 41 heavy (non-hydrogen) atoms. The van der Waals surface area contributed by atoms with Crippen molar-refractivity contribution in [1.29, 1.82) is 0 Å². The maximum atomic E-state index is 14.8. The van der Waals surface area contributed by atoms with Gasteiger partial charge in [0.15, 0.2) is 11.6 Å². The van der Waals surface area contributed by atoms with Gasteiger partial charge in [0.05, 0.1) is 17.9 Å². The van der Waals surface area contributed by atoms with Gasteiger partial charge in [-0.15, -0.1) is 0 Å². The number of nitrogens with one attached hydrogen (secondary N) is 3. The first kappa shape index (κ1) is 28.6. The molecule has 0 saturated heterocycles. The smallest absolute Gasteiger partial charge is 0.225 e. The van der Waals surface area contributed by atoms with Gasteiger partial charge in [0.2, 0.25) is 11.8 Å². The number of rotatable bonds is 11. The van der Waals surface area contributed by atoms with Crippen LogP contribution in [-0.2, 0) is 6.54 Å². The Labute approximate surface area is 243 Å². The first-order valence-corrected chi connectivity index (χ1v) is 15.7. The van der Waals surface area contributed by atoms with Crippen molar-refractivity contribution in [2.75, 3.05) is 23.7 Å². The molecule has 2 aromatic heterocycles. The Kier molecular flexibility index (Phi) is 8.11. The summed E-state index contributed by atoms with van der Waals surface area (Å²) in [5, 5.41) is 20.9. The molecule has 5 fully saturated rings. The minimum atomic E-state index is -0.468. The van der Waals surface area contributed by atoms with Crippen LogP contribution in [0.1, 0.15) is 84.1 Å². The summed E-state index contributed by atoms with van der Waals surface area (Å²) < 4.78 is 20.6. The predicted molar refractivity (Wildman–Crippen MR) is 158 cm³/mol. The number of ether oxygens (including phenoxy) is 1. The second-order valence-corrected chi connectivity index (χ2v) is 14.1. The number of anilines is 2. The summed E-state index contributed by atoms with van der Waals surface area (Å²) >= 11 is 0. The lowest BCUT2D eigenvalue weighted by molar-refractivity contribution is -0.0711. The summed E-state index contributed by atoms with van der Waals surface area (Å²) in [5.74, 6) is 3.67. The summed E-state index contributed by atoms with van der Waals surface area (Å²) in [6, 6.07) is 4.43. The summed E-state index contributed by atoms with van der Waals surface area (Å²) in [4.78, 5) is 13.0. The maximum Gasteiger partial charge on any atom is 0.225 e. The van der Waals surface area contributed by atoms with E-state index in [0.29, 0.717) is 42.2 Å². The molecule has 224 valence electrons. The van der Waals surface area contributed by atoms with Crippen molar-refractivity contribution in [2.24, 2.45) is 29.1 Å². The summed E-state index contributed by atoms with van der Waals surface area (Å²) in [6.45, 7) is 8.19. The second kappa shape index (κ2) is 11.6. The van der Waals surface area contributed by atoms with Gasteiger partial charge in [-0.1, -0.05) is 6.07 Å². The van der Waals surface area contributed by atoms with E-state index in [1.165, 1.54) is 38.3 Å². The van der Waals surface area contributed by atoms with Crippen LogP contribution in [0, 0.1) is 34.9 Å². The van der Waals surface area contributed by atoms with Crippen LogP contribution < -0.4 is 20.7 Å². The molecule has 5 aliphatic carbocycles. The molecular formula is C32H47FN6O2. The van der Waals surface area contributed by atoms with Gasteiger partial charge in [0.25, 0.3) is 0 Å². The van der Waals surface area contributed by atoms with Crippen molar-refractivity contribution in [3.8, 4) is 5.88 Å². The van der Waals surface area contributed by atoms with Gasteiger partial charge in [0, 0.05) is 30.9 Å². The summed E-state index contributed by atoms with van der Waals surface area (Å²) in [7, 11) is 0. The largest absolute Gasteiger partial charge is 0.475 e. The summed E-state index contributed by atoms with van der Waals surface area (Å²) in [6.07, 6.45) is 13.3. The number of aromatic nitrogens is 3. The minimum absolute atomic E-state index is 0.0211. The van der Waals surface area contributed by atoms with E-state index in [1.807, 2.05) is 32.9 Å². The van der Waals surface area contributed by atoms with E-state index >= 15 is 0 Å². The Morgan fingerprint density at radius 1 is 1.10 bits per heavy atom. The van der Waals surface area contributed by atoms with Crippen LogP contribution in [0.3, 0.4) is 0 Å². The lowest BCUT2D eigenvalue weighted by atomic mass is 9.48. The van der Waals surface area contributed by atoms with E-state index in [0.717, 1.165) is 50.3 Å². The van der Waals surface area contributed by atoms with Crippen molar-refractivity contribution >= 4 is 11.8 Å². The van der Waals surface area contributed by atoms with E-state index in [-0.39, 0.29) is 17.3 Å². The van der Waals surface area contributed by atoms with Crippen LogP contribution in [0.2, 0.25) is 0 Å². The third kappa shape index (κ3) is 6.61. The van der Waals surface area contributed by atoms with Gasteiger partial charge >= 0.3 is 0 Å². The molecule has 0 aromatic carbocycles. The standard InChI is InChI=1S/C32H47FN6O2/c1-20(2)41-29-23(5-4-10-34-29)17-36-30-37-18-26(33)28(39-30)38-19-32-13-22-11-24(14-32)27(25(12-22)15-32)35-16-21-6-8-31(3,40)9-7-21/h4-5,10,18,20-22,24-25,27,35,40H,6-9,11-17,19H2,1-3H3,(H2,36,37,38,39)/t21-,22?,24-,25+,27-,31-,32-. The zero-order valence-corrected chi connectivity index (χ0v) is 24.8. The molecule has 2 heterocycles. The van der Waals surface area contributed by atoms with Crippen molar-refractivity contribution in [2.45, 2.75) is 103 Å². The van der Waals surface area contributed by atoms with Crippen molar-refractivity contribution in [3.05, 3.63) is 35.9 Å². The molecule has 7 rings (SSSR count). The molecule has 1 unspecified atom stereocenters. The molecule has 2 aromatic rings. The van der Waals surface area contributed by atoms with Crippen molar-refractivity contribution in [3.63, 3.8) is 0 Å². The first-order valence-electron chi connectivity index (χ1n) is 15.7. The third-order valence-electron chi connectivity index (χ3n) is 10.2. The lowest BCUT2D eigenvalue weighted by Crippen LogP contribution is -2.60. The van der Waals surface area contributed by atoms with E-state index in [2.05, 4.69) is 30.9 Å². The Morgan fingerprint density at radius 2 is 1.85 bits per heavy atom. The molecule has 4 bridgehead atoms. The molecule has 0 spiro atoms. The molecule has 0 aliphatic heterocycles. The average molecular weight is 567 g/mol. The van der Waals surface area contributed by atoms with E-state index in [1.54, 1.807) is 6.20 Å². The van der Waals surface area contributed by atoms with Gasteiger partial charge in [-0.3, -0.25) is 0 Å². The zero-order chi connectivity index (χ0) is 28.6. The molecule has 5 saturated carbocycles. The monoisotopic (exact) mass is 566 g/mol. The molecule has 5 aliphatic rings. The van der Waals surface area contributed by atoms with Gasteiger partial charge in [-0.2, -0.15) is 4.98 Å². The highest BCUT2D eigenvalue weighted by Crippen LogP contribution is 2.60. The lowest BCUT2D eigenvalue weighted by Gasteiger charge is -2.60. The third-order valence-corrected chi connectivity index (χ3v) is 10.2. The summed E-state index contributed by atoms with van der Waals surface area (Å²) in [5.41, 5.74) is 0.641. The number of hydrogen-bond acceptors (Lipinski definition) is 8. The van der Waals surface area contributed by atoms with Crippen LogP contribution >= 0.6 is 0 Å². The fourth-order valence-corrected chi connectivity index (χ4v) is 8.46. The number of aliphatic hydroxyl groups is 1. The quantitative estimate of drug-likeness (QED) is 0.281. The molecule has 8 nitrogen and oxygen atoms in total. The Balaban J connectivity index is 1.05. The van der Waals surface area contributed by atoms with Gasteiger partial charge in [0.1, 0.15) is 0 Å². The highest BCUT2D eigenvalue weighted by Gasteiger charge is 2.55. The minimum Gasteiger partial charge on any atom is -0.475 e. The van der Waals surface area contributed by atoms with Gasteiger partial charge in [-0.05, 0) is 120 Å². The van der Waals surface area contributed by atoms with Gasteiger partial charge in [-0.25, -0.2) is 14.4 Å². The van der Waals surface area contributed by atoms with Crippen molar-refractivity contribution < 1.29 is 14.2 Å². The maximum absolute atomic E-state index is 14.8. The molecular weight excluding hydrogens is 519 g/mol. The first-order chi connectivity index (χ1) is 19.7. The molecule has 0 amide bonds. The average Bonchev–Trinajstić information content (AvgIpc) is 2.92. The molecule has 4 N–H and O–H groups in total. The molecule has 9 heteroatoms. The fraction of sp³-hybridized carbons (Fsp3) is 0.719. The molecule has 0 radical (unpaired) electrons. The zero-order valence-electron chi connectivity index (χ0n) is 24.8. The number of halogens is 1. The SMILES string of the molecule is CC(C)Oc1ncccc1CNc1ncc(F)c(NC[C@]23CC4C[C@H](C2)[C@@H](NC[C@H]2CC[C@](C)(O)CC2)[C@@H](C4)C3)n1. The van der Waals surface area contributed by atoms with Crippen LogP contribution in [0.4, 0.5) is 16.2 Å². The molecule has 5 atom stereocenters.